The highest BCUT2D eigenvalue weighted by Gasteiger charge is 2.51. The number of aromatic amines is 2. The first-order valence-electron chi connectivity index (χ1n) is 30.2. The molecule has 5 aliphatic heterocycles. The van der Waals surface area contributed by atoms with E-state index in [0.29, 0.717) is 0 Å². The summed E-state index contributed by atoms with van der Waals surface area (Å²) in [6.07, 6.45) is -11.8. The molecule has 20 atom stereocenters. The average molecular weight is 1380 g/mol. The lowest BCUT2D eigenvalue weighted by Gasteiger charge is -2.24. The number of hydrogen-bond acceptors (Lipinski definition) is 32. The lowest BCUT2D eigenvalue weighted by molar-refractivity contribution is -0.0489. The van der Waals surface area contributed by atoms with E-state index < -0.39 is 165 Å². The van der Waals surface area contributed by atoms with Gasteiger partial charge >= 0.3 is 11.4 Å². The van der Waals surface area contributed by atoms with Gasteiger partial charge in [0, 0.05) is 24.5 Å². The lowest BCUT2D eigenvalue weighted by Crippen LogP contribution is -2.53. The Bertz CT molecular complexity index is 4670. The third kappa shape index (κ3) is 12.8. The molecule has 0 saturated carbocycles. The van der Waals surface area contributed by atoms with Crippen LogP contribution in [0.15, 0.2) is 102 Å². The van der Waals surface area contributed by atoms with E-state index in [1.165, 1.54) is 51.7 Å². The Morgan fingerprint density at radius 3 is 1.04 bits per heavy atom. The Morgan fingerprint density at radius 1 is 0.414 bits per heavy atom. The number of imidazole rings is 3. The largest absolute Gasteiger partial charge is 0.394 e. The van der Waals surface area contributed by atoms with Crippen molar-refractivity contribution in [3.8, 4) is 0 Å². The molecule has 47 nitrogen and oxygen atoms in total. The molecule has 0 bridgehead atoms. The van der Waals surface area contributed by atoms with E-state index in [-0.39, 0.29) is 87.9 Å². The fourth-order valence-electron chi connectivity index (χ4n) is 12.4. The highest BCUT2D eigenvalue weighted by molar-refractivity contribution is 5.84. The van der Waals surface area contributed by atoms with Crippen LogP contribution in [0, 0.1) is 0 Å². The normalized spacial score (nSPS) is 31.5. The van der Waals surface area contributed by atoms with Gasteiger partial charge in [0.2, 0.25) is 0 Å². The van der Waals surface area contributed by atoms with E-state index in [2.05, 4.69) is 96.1 Å². The van der Waals surface area contributed by atoms with Crippen LogP contribution >= 0.6 is 0 Å². The SMILES string of the molecule is NC(=NC[C@H]1O[C@@H](n2cnc3c(N)ncnc32)[C@H](O)[C@@H]1NC(N)=NC[C@H]1O[C@@H](n2ccc(=O)[nH]c2=O)[C@H](O)[C@@H]1NC(N)=NC[C@H]1O[C@@H](n2cnc3c(N)ncnc32)[C@H](O)[C@@H]1O)N[C@H]1[C@@H](O)[C@H](n2ccc(=O)[nH]c2=O)O[C@@H]1CN=C(N)N[C@H]1[C@@H](O)[C@H](n2cnc3c(N)ncnc32)O[C@@H]1CO. The maximum atomic E-state index is 13.1. The van der Waals surface area contributed by atoms with E-state index >= 15 is 0 Å². The monoisotopic (exact) mass is 1380 g/mol. The number of aliphatic imine (C=N–C) groups is 4. The van der Waals surface area contributed by atoms with Crippen molar-refractivity contribution in [3.05, 3.63) is 104 Å². The van der Waals surface area contributed by atoms with Crippen LogP contribution in [0.2, 0.25) is 0 Å². The first-order chi connectivity index (χ1) is 47.5. The molecule has 8 aromatic rings. The van der Waals surface area contributed by atoms with Crippen molar-refractivity contribution in [1.29, 1.82) is 0 Å². The number of nitrogens with zero attached hydrogens (tertiary/aromatic N) is 18. The number of nitrogens with two attached hydrogens (primary N) is 7. The van der Waals surface area contributed by atoms with Crippen molar-refractivity contribution < 1.29 is 59.4 Å². The molecule has 0 aliphatic carbocycles. The second-order valence-electron chi connectivity index (χ2n) is 23.3. The fourth-order valence-corrected chi connectivity index (χ4v) is 12.4. The number of aliphatic hydroxyl groups excluding tert-OH is 7. The standard InChI is InChI=1S/C52H67N31O16/c53-36-27-39(67-10-64-36)81(13-70-27)44-33(90)25(77-48(57)60-5-16-24(32(89)43(95-16)80-4-2-22(86)74-52(80)94)76-50(59)63-8-19-30(87)35(92)46(98-19)83-15-72-29-38(55)66-12-69-41(29)83)18(97-44)7-61-47(56)75-23-17(96-42(31(23)88)79-3-1-21(85)73-51(79)93)6-62-49(58)78-26-20(9-84)99-45(34(26)91)82-14-71-28-37(54)65-11-68-40(28)82/h1-4,10-20,23-26,30-35,42-46,84,87-92H,5-9H2,(H2,53,64,67)(H2,54,65,68)(H2,55,66,69)(H3,56,61,75)(H3,57,60,77)(H3,58,62,78)(H3,59,63,76)(H,73,85,93)(H,74,86,94)/t16-,17-,18-,19-,20-,23-,24-,25-,26-,30-,31-,32-,33-,34-,35-,42-,43-,44-,45-,46-/m1/s1. The average Bonchev–Trinajstić information content (AvgIpc) is 1.65. The van der Waals surface area contributed by atoms with Crippen molar-refractivity contribution in [1.82, 2.24) is 98.9 Å². The van der Waals surface area contributed by atoms with E-state index in [1.54, 1.807) is 0 Å². The number of anilines is 3. The highest BCUT2D eigenvalue weighted by Crippen LogP contribution is 2.37. The minimum Gasteiger partial charge on any atom is -0.394 e. The smallest absolute Gasteiger partial charge is 0.330 e. The van der Waals surface area contributed by atoms with Gasteiger partial charge in [-0.2, -0.15) is 0 Å². The molecule has 0 amide bonds. The summed E-state index contributed by atoms with van der Waals surface area (Å²) in [5.74, 6) is -1.16. The summed E-state index contributed by atoms with van der Waals surface area (Å²) in [5, 5.41) is 91.5. The Labute approximate surface area is 551 Å². The molecule has 27 N–H and O–H groups in total. The second kappa shape index (κ2) is 27.1. The zero-order valence-electron chi connectivity index (χ0n) is 51.3. The third-order valence-electron chi connectivity index (χ3n) is 17.3. The molecule has 13 heterocycles. The van der Waals surface area contributed by atoms with Gasteiger partial charge in [0.1, 0.15) is 103 Å². The molecular formula is C52H67N31O16. The minimum absolute atomic E-state index is 0.0192. The van der Waals surface area contributed by atoms with Gasteiger partial charge in [0.25, 0.3) is 11.1 Å². The number of hydrogen-bond donors (Lipinski definition) is 20. The first kappa shape index (κ1) is 66.6. The summed E-state index contributed by atoms with van der Waals surface area (Å²) in [5.41, 5.74) is 41.9. The van der Waals surface area contributed by atoms with Crippen molar-refractivity contribution in [2.45, 2.75) is 122 Å². The van der Waals surface area contributed by atoms with Crippen molar-refractivity contribution >= 4 is 74.8 Å². The topological polar surface area (TPSA) is 708 Å². The van der Waals surface area contributed by atoms with Crippen molar-refractivity contribution in [2.75, 3.05) is 50.0 Å². The van der Waals surface area contributed by atoms with Crippen molar-refractivity contribution in [2.24, 2.45) is 42.9 Å². The van der Waals surface area contributed by atoms with E-state index in [1.807, 2.05) is 0 Å². The van der Waals surface area contributed by atoms with Crippen molar-refractivity contribution in [3.63, 3.8) is 0 Å². The molecule has 0 unspecified atom stereocenters. The zero-order valence-corrected chi connectivity index (χ0v) is 51.3. The Hall–Kier alpha value is -11.0. The number of guanidine groups is 4. The second-order valence-corrected chi connectivity index (χ2v) is 23.3. The van der Waals surface area contributed by atoms with Gasteiger partial charge in [-0.3, -0.25) is 62.4 Å². The predicted octanol–water partition coefficient (Wildman–Crippen LogP) is -11.9. The number of nitrogens with one attached hydrogen (secondary N) is 6. The van der Waals surface area contributed by atoms with Crippen LogP contribution in [-0.4, -0.2) is 261 Å². The molecule has 99 heavy (non-hydrogen) atoms. The van der Waals surface area contributed by atoms with Gasteiger partial charge in [-0.1, -0.05) is 0 Å². The molecule has 0 radical (unpaired) electrons. The third-order valence-corrected chi connectivity index (χ3v) is 17.3. The number of aliphatic hydroxyl groups is 7. The highest BCUT2D eigenvalue weighted by atomic mass is 16.6. The van der Waals surface area contributed by atoms with Crippen LogP contribution in [0.25, 0.3) is 33.5 Å². The molecule has 526 valence electrons. The predicted molar refractivity (Wildman–Crippen MR) is 338 cm³/mol. The van der Waals surface area contributed by atoms with Crippen LogP contribution < -0.4 is 83.9 Å². The van der Waals surface area contributed by atoms with Gasteiger partial charge < -0.3 is 121 Å². The van der Waals surface area contributed by atoms with Gasteiger partial charge in [0.15, 0.2) is 89.4 Å². The molecule has 5 saturated heterocycles. The molecule has 8 aromatic heterocycles. The zero-order chi connectivity index (χ0) is 69.8. The van der Waals surface area contributed by atoms with E-state index in [9.17, 15) is 54.9 Å². The number of H-pyrrole nitrogens is 2. The summed E-state index contributed by atoms with van der Waals surface area (Å²) < 4.78 is 36.9. The molecule has 0 spiro atoms. The summed E-state index contributed by atoms with van der Waals surface area (Å²) in [6.45, 7) is -2.13. The summed E-state index contributed by atoms with van der Waals surface area (Å²) in [4.78, 5) is 110. The number of fused-ring (bicyclic) bond motifs is 3. The Morgan fingerprint density at radius 2 is 0.707 bits per heavy atom. The maximum absolute atomic E-state index is 13.1. The van der Waals surface area contributed by atoms with Gasteiger partial charge in [-0.15, -0.1) is 0 Å². The minimum atomic E-state index is -1.64. The lowest BCUT2D eigenvalue weighted by atomic mass is 10.1. The quantitative estimate of drug-likeness (QED) is 0.0280. The van der Waals surface area contributed by atoms with Gasteiger partial charge in [-0.25, -0.2) is 54.4 Å². The number of ether oxygens (including phenoxy) is 5. The number of aromatic nitrogens is 16. The van der Waals surface area contributed by atoms with Crippen LogP contribution in [0.1, 0.15) is 31.1 Å². The fraction of sp³-hybridized carbons (Fsp3) is 0.481. The number of nitrogen functional groups attached to an aromatic ring is 3. The molecular weight excluding hydrogens is 1310 g/mol. The van der Waals surface area contributed by atoms with Crippen LogP contribution in [-0.2, 0) is 23.7 Å². The van der Waals surface area contributed by atoms with E-state index in [0.717, 1.165) is 33.7 Å². The molecule has 0 aromatic carbocycles. The van der Waals surface area contributed by atoms with Gasteiger partial charge in [-0.05, 0) is 0 Å². The summed E-state index contributed by atoms with van der Waals surface area (Å²) in [6, 6.07) is -2.77. The van der Waals surface area contributed by atoms with Gasteiger partial charge in [0.05, 0.1) is 75.9 Å². The Kier molecular flexibility index (Phi) is 18.3. The summed E-state index contributed by atoms with van der Waals surface area (Å²) in [7, 11) is 0. The summed E-state index contributed by atoms with van der Waals surface area (Å²) >= 11 is 0. The molecule has 13 rings (SSSR count). The molecule has 5 fully saturated rings. The maximum Gasteiger partial charge on any atom is 0.330 e. The number of rotatable bonds is 18. The van der Waals surface area contributed by atoms with E-state index in [4.69, 9.17) is 63.8 Å². The van der Waals surface area contributed by atoms with Crippen LogP contribution in [0.3, 0.4) is 0 Å². The first-order valence-corrected chi connectivity index (χ1v) is 30.2. The Balaban J connectivity index is 0.728. The molecule has 5 aliphatic rings. The van der Waals surface area contributed by atoms with Crippen LogP contribution in [0.4, 0.5) is 17.5 Å². The molecule has 47 heteroatoms. The van der Waals surface area contributed by atoms with Crippen LogP contribution in [0.5, 0.6) is 0 Å².